The predicted octanol–water partition coefficient (Wildman–Crippen LogP) is 4.37. The number of rotatable bonds is 5. The van der Waals surface area contributed by atoms with Crippen molar-refractivity contribution >= 4 is 35.0 Å². The van der Waals surface area contributed by atoms with Gasteiger partial charge in [0.05, 0.1) is 19.9 Å². The Morgan fingerprint density at radius 3 is 1.91 bits per heavy atom. The number of benzene rings is 2. The highest BCUT2D eigenvalue weighted by molar-refractivity contribution is 9.10. The largest absolute Gasteiger partial charge is 0.569 e. The molecule has 0 bridgehead atoms. The summed E-state index contributed by atoms with van der Waals surface area (Å²) in [6.45, 7) is 0. The molecule has 10 heteroatoms. The summed E-state index contributed by atoms with van der Waals surface area (Å²) < 4.78 is 15.3. The number of methoxy groups -OCH3 is 2. The summed E-state index contributed by atoms with van der Waals surface area (Å²) in [4.78, 5) is 8.31. The Balaban J connectivity index is 0.000000189. The average molecular weight is 524 g/mol. The minimum Gasteiger partial charge on any atom is -0.537 e. The lowest BCUT2D eigenvalue weighted by molar-refractivity contribution is 0.397. The molecule has 4 rings (SSSR count). The van der Waals surface area contributed by atoms with E-state index in [1.807, 2.05) is 54.6 Å². The normalized spacial score (nSPS) is 9.41. The second-order valence-corrected chi connectivity index (χ2v) is 7.30. The van der Waals surface area contributed by atoms with Crippen LogP contribution in [0.5, 0.6) is 17.5 Å². The van der Waals surface area contributed by atoms with Crippen LogP contribution in [0.3, 0.4) is 0 Å². The van der Waals surface area contributed by atoms with E-state index in [0.29, 0.717) is 30.9 Å². The number of halogens is 1. The highest BCUT2D eigenvalue weighted by Crippen LogP contribution is 2.21. The van der Waals surface area contributed by atoms with Crippen molar-refractivity contribution in [2.75, 3.05) is 25.7 Å². The number of hydrogen-bond donors (Lipinski definition) is 3. The van der Waals surface area contributed by atoms with Crippen LogP contribution in [0.25, 0.3) is 11.3 Å². The molecule has 8 nitrogen and oxygen atoms in total. The maximum Gasteiger partial charge on any atom is 0.569 e. The fourth-order valence-corrected chi connectivity index (χ4v) is 2.87. The molecular formula is C24H25BBrN4O4. The van der Waals surface area contributed by atoms with E-state index in [-0.39, 0.29) is 0 Å². The number of nitrogens with zero attached hydrogens (tertiary/aromatic N) is 2. The standard InChI is InChI=1S/C12H12N2O.C6H7BNO2.C6H6BrNO/c1-15-12-7-3-6-11(14-12)9-4-2-5-10(13)8-9;8-5-2-1-3-6(4-5)10-7-9;1-9-6-4-2-3-5(7)8-6/h2-8H,13H2,1H3;1-4,9H,8H2;2-4H,1H3. The lowest BCUT2D eigenvalue weighted by atomic mass is 10.1. The molecule has 175 valence electrons. The summed E-state index contributed by atoms with van der Waals surface area (Å²) in [5.41, 5.74) is 14.3. The molecule has 0 fully saturated rings. The maximum absolute atomic E-state index is 8.22. The van der Waals surface area contributed by atoms with Crippen LogP contribution < -0.4 is 25.6 Å². The number of nitrogen functional groups attached to an aromatic ring is 2. The summed E-state index contributed by atoms with van der Waals surface area (Å²) in [5, 5.41) is 8.22. The Hall–Kier alpha value is -3.76. The molecule has 2 aromatic carbocycles. The molecule has 4 aromatic rings. The van der Waals surface area contributed by atoms with E-state index in [4.69, 9.17) is 26.0 Å². The van der Waals surface area contributed by atoms with Crippen molar-refractivity contribution in [3.8, 4) is 28.8 Å². The molecule has 0 unspecified atom stereocenters. The molecule has 2 heterocycles. The molecule has 0 aliphatic heterocycles. The van der Waals surface area contributed by atoms with Crippen molar-refractivity contribution in [1.29, 1.82) is 0 Å². The van der Waals surface area contributed by atoms with Crippen molar-refractivity contribution in [3.05, 3.63) is 89.5 Å². The third kappa shape index (κ3) is 9.39. The van der Waals surface area contributed by atoms with Crippen LogP contribution in [-0.2, 0) is 0 Å². The zero-order valence-electron chi connectivity index (χ0n) is 18.8. The van der Waals surface area contributed by atoms with E-state index in [0.717, 1.165) is 21.5 Å². The number of pyridine rings is 2. The van der Waals surface area contributed by atoms with E-state index in [1.165, 1.54) is 0 Å². The number of ether oxygens (including phenoxy) is 2. The average Bonchev–Trinajstić information content (AvgIpc) is 2.85. The van der Waals surface area contributed by atoms with Crippen LogP contribution in [-0.4, -0.2) is 36.9 Å². The quantitative estimate of drug-likeness (QED) is 0.200. The van der Waals surface area contributed by atoms with Crippen LogP contribution in [0.15, 0.2) is 89.5 Å². The van der Waals surface area contributed by atoms with Gasteiger partial charge in [-0.1, -0.05) is 30.3 Å². The topological polar surface area (TPSA) is 126 Å². The molecule has 0 atom stereocenters. The van der Waals surface area contributed by atoms with Crippen LogP contribution in [0, 0.1) is 0 Å². The zero-order valence-corrected chi connectivity index (χ0v) is 20.3. The third-order valence-corrected chi connectivity index (χ3v) is 4.50. The van der Waals surface area contributed by atoms with Crippen LogP contribution in [0.4, 0.5) is 11.4 Å². The van der Waals surface area contributed by atoms with Crippen molar-refractivity contribution in [1.82, 2.24) is 9.97 Å². The number of aromatic nitrogens is 2. The predicted molar refractivity (Wildman–Crippen MR) is 139 cm³/mol. The van der Waals surface area contributed by atoms with Crippen molar-refractivity contribution in [3.63, 3.8) is 0 Å². The minimum absolute atomic E-state index is 0.530. The molecule has 0 spiro atoms. The maximum atomic E-state index is 8.22. The first kappa shape index (κ1) is 26.5. The fraction of sp³-hybridized carbons (Fsp3) is 0.0833. The molecule has 5 N–H and O–H groups in total. The van der Waals surface area contributed by atoms with Gasteiger partial charge in [-0.2, -0.15) is 0 Å². The Kier molecular flexibility index (Phi) is 11.2. The SMILES string of the molecule is COc1cccc(-c2cccc(N)c2)n1.COc1cccc(Br)n1.Nc1cccc(O[B]O)c1. The van der Waals surface area contributed by atoms with Gasteiger partial charge in [0, 0.05) is 35.1 Å². The molecule has 2 aromatic heterocycles. The zero-order chi connectivity index (χ0) is 24.8. The highest BCUT2D eigenvalue weighted by atomic mass is 79.9. The lowest BCUT2D eigenvalue weighted by Crippen LogP contribution is -1.99. The van der Waals surface area contributed by atoms with Crippen LogP contribution >= 0.6 is 15.9 Å². The summed E-state index contributed by atoms with van der Waals surface area (Å²) >= 11 is 3.21. The van der Waals surface area contributed by atoms with Gasteiger partial charge in [-0.25, -0.2) is 9.97 Å². The summed E-state index contributed by atoms with van der Waals surface area (Å²) in [7, 11) is 3.81. The lowest BCUT2D eigenvalue weighted by Gasteiger charge is -2.04. The molecule has 0 saturated carbocycles. The van der Waals surface area contributed by atoms with Gasteiger partial charge >= 0.3 is 7.69 Å². The van der Waals surface area contributed by atoms with Gasteiger partial charge in [0.1, 0.15) is 10.4 Å². The Morgan fingerprint density at radius 1 is 0.765 bits per heavy atom. The van der Waals surface area contributed by atoms with E-state index in [9.17, 15) is 0 Å². The van der Waals surface area contributed by atoms with Crippen molar-refractivity contribution in [2.45, 2.75) is 0 Å². The van der Waals surface area contributed by atoms with Gasteiger partial charge in [0.15, 0.2) is 0 Å². The van der Waals surface area contributed by atoms with Gasteiger partial charge in [-0.3, -0.25) is 0 Å². The first-order valence-electron chi connectivity index (χ1n) is 9.96. The smallest absolute Gasteiger partial charge is 0.537 e. The molecular weight excluding hydrogens is 499 g/mol. The van der Waals surface area contributed by atoms with E-state index < -0.39 is 0 Å². The van der Waals surface area contributed by atoms with Crippen LogP contribution in [0.2, 0.25) is 0 Å². The van der Waals surface area contributed by atoms with E-state index >= 15 is 0 Å². The first-order chi connectivity index (χ1) is 16.4. The Bertz CT molecular complexity index is 1170. The third-order valence-electron chi connectivity index (χ3n) is 4.06. The molecule has 0 saturated heterocycles. The van der Waals surface area contributed by atoms with Gasteiger partial charge < -0.3 is 30.6 Å². The molecule has 1 radical (unpaired) electrons. The van der Waals surface area contributed by atoms with Gasteiger partial charge in [0.25, 0.3) is 0 Å². The highest BCUT2D eigenvalue weighted by Gasteiger charge is 2.01. The second kappa shape index (κ2) is 14.4. The molecule has 0 amide bonds. The number of anilines is 2. The van der Waals surface area contributed by atoms with Gasteiger partial charge in [-0.15, -0.1) is 0 Å². The van der Waals surface area contributed by atoms with Gasteiger partial charge in [-0.05, 0) is 52.3 Å². The Morgan fingerprint density at radius 2 is 1.35 bits per heavy atom. The first-order valence-corrected chi connectivity index (χ1v) is 10.8. The minimum atomic E-state index is 0.530. The summed E-state index contributed by atoms with van der Waals surface area (Å²) in [6, 6.07) is 25.6. The summed E-state index contributed by atoms with van der Waals surface area (Å²) in [6.07, 6.45) is 0. The van der Waals surface area contributed by atoms with E-state index in [2.05, 4.69) is 30.6 Å². The van der Waals surface area contributed by atoms with Crippen LogP contribution in [0.1, 0.15) is 0 Å². The second-order valence-electron chi connectivity index (χ2n) is 6.49. The number of hydrogen-bond acceptors (Lipinski definition) is 8. The molecule has 34 heavy (non-hydrogen) atoms. The Labute approximate surface area is 208 Å². The summed E-state index contributed by atoms with van der Waals surface area (Å²) in [5.74, 6) is 1.77. The molecule has 0 aliphatic carbocycles. The molecule has 0 aliphatic rings. The fourth-order valence-electron chi connectivity index (χ4n) is 2.54. The monoisotopic (exact) mass is 523 g/mol. The van der Waals surface area contributed by atoms with Crippen molar-refractivity contribution in [2.24, 2.45) is 0 Å². The van der Waals surface area contributed by atoms with Gasteiger partial charge in [0.2, 0.25) is 11.8 Å². The number of nitrogens with two attached hydrogens (primary N) is 2. The van der Waals surface area contributed by atoms with E-state index in [1.54, 1.807) is 44.6 Å². The van der Waals surface area contributed by atoms with Crippen molar-refractivity contribution < 1.29 is 19.2 Å².